The van der Waals surface area contributed by atoms with E-state index in [9.17, 15) is 9.59 Å². The molecule has 1 aromatic heterocycles. The number of hydrogen-bond donors (Lipinski definition) is 3. The van der Waals surface area contributed by atoms with E-state index in [1.807, 2.05) is 23.5 Å². The molecule has 0 aliphatic carbocycles. The number of para-hydroxylation sites is 4. The normalized spacial score (nSPS) is 16.2. The maximum absolute atomic E-state index is 12.6. The van der Waals surface area contributed by atoms with E-state index in [0.29, 0.717) is 31.7 Å². The summed E-state index contributed by atoms with van der Waals surface area (Å²) in [6.45, 7) is 5.73. The van der Waals surface area contributed by atoms with E-state index in [1.165, 1.54) is 59.5 Å². The Hall–Kier alpha value is -5.85. The van der Waals surface area contributed by atoms with Gasteiger partial charge in [-0.2, -0.15) is 4.57 Å². The molecule has 8 rings (SSSR count). The third-order valence-electron chi connectivity index (χ3n) is 13.1. The number of thioether (sulfide) groups is 2. The molecule has 4 aromatic carbocycles. The van der Waals surface area contributed by atoms with E-state index in [4.69, 9.17) is 0 Å². The van der Waals surface area contributed by atoms with E-state index >= 15 is 0 Å². The topological polar surface area (TPSA) is 83.8 Å². The average molecular weight is 973 g/mol. The lowest BCUT2D eigenvalue weighted by Crippen LogP contribution is -2.34. The SMILES string of the molecule is CN(CCCNCC(=O)CCCCC[n+]1ccc(C=CC=C2Sc3ccccc3N2C)c2ccccc21)CCCNC(=O)CCCCCN1C=CC(=CC=CC2Nc3ccccc3S2)c2ccccc21. The zero-order chi connectivity index (χ0) is 48.3. The van der Waals surface area contributed by atoms with Crippen molar-refractivity contribution in [3.8, 4) is 0 Å². The first-order valence-electron chi connectivity index (χ1n) is 25.3. The molecule has 1 atom stereocenters. The molecule has 0 saturated heterocycles. The zero-order valence-corrected chi connectivity index (χ0v) is 42.7. The highest BCUT2D eigenvalue weighted by atomic mass is 32.2. The van der Waals surface area contributed by atoms with Crippen LogP contribution in [0, 0.1) is 0 Å². The first-order valence-corrected chi connectivity index (χ1v) is 27.0. The van der Waals surface area contributed by atoms with Gasteiger partial charge in [0, 0.05) is 84.5 Å². The largest absolute Gasteiger partial charge is 0.369 e. The van der Waals surface area contributed by atoms with Crippen molar-refractivity contribution in [1.82, 2.24) is 15.5 Å². The van der Waals surface area contributed by atoms with Crippen LogP contribution in [0.1, 0.15) is 75.3 Å². The van der Waals surface area contributed by atoms with Crippen molar-refractivity contribution < 1.29 is 14.2 Å². The molecular weight excluding hydrogens is 903 g/mol. The van der Waals surface area contributed by atoms with Crippen molar-refractivity contribution in [3.05, 3.63) is 168 Å². The number of allylic oxidation sites excluding steroid dienone is 6. The summed E-state index contributed by atoms with van der Waals surface area (Å²) < 4.78 is 2.34. The Morgan fingerprint density at radius 3 is 2.40 bits per heavy atom. The number of nitrogens with zero attached hydrogens (tertiary/aromatic N) is 4. The molecule has 5 aromatic rings. The van der Waals surface area contributed by atoms with Gasteiger partial charge >= 0.3 is 0 Å². The van der Waals surface area contributed by atoms with Crippen molar-refractivity contribution >= 4 is 74.8 Å². The van der Waals surface area contributed by atoms with E-state index in [-0.39, 0.29) is 11.3 Å². The first-order chi connectivity index (χ1) is 34.4. The number of unbranched alkanes of at least 4 members (excludes halogenated alkanes) is 4. The summed E-state index contributed by atoms with van der Waals surface area (Å²) in [6.07, 6.45) is 28.8. The Kier molecular flexibility index (Phi) is 19.0. The number of carbonyl (C=O) groups is 2. The number of aromatic nitrogens is 1. The Labute approximate surface area is 424 Å². The number of anilines is 3. The van der Waals surface area contributed by atoms with Gasteiger partial charge < -0.3 is 30.7 Å². The Morgan fingerprint density at radius 2 is 1.53 bits per heavy atom. The van der Waals surface area contributed by atoms with Gasteiger partial charge in [-0.15, -0.1) is 0 Å². The quantitative estimate of drug-likeness (QED) is 0.0371. The third kappa shape index (κ3) is 14.4. The fourth-order valence-electron chi connectivity index (χ4n) is 9.25. The van der Waals surface area contributed by atoms with Gasteiger partial charge in [0.2, 0.25) is 11.4 Å². The second-order valence-corrected chi connectivity index (χ2v) is 20.6. The van der Waals surface area contributed by atoms with Crippen molar-refractivity contribution in [2.75, 3.05) is 68.5 Å². The van der Waals surface area contributed by atoms with Crippen LogP contribution in [0.3, 0.4) is 0 Å². The molecule has 3 aliphatic heterocycles. The van der Waals surface area contributed by atoms with Crippen molar-refractivity contribution in [3.63, 3.8) is 0 Å². The number of carbonyl (C=O) groups excluding carboxylic acids is 2. The molecule has 3 N–H and O–H groups in total. The number of pyridine rings is 1. The molecule has 11 heteroatoms. The lowest BCUT2D eigenvalue weighted by molar-refractivity contribution is -0.671. The van der Waals surface area contributed by atoms with Gasteiger partial charge in [-0.1, -0.05) is 115 Å². The van der Waals surface area contributed by atoms with E-state index in [2.05, 4.69) is 207 Å². The second-order valence-electron chi connectivity index (χ2n) is 18.4. The van der Waals surface area contributed by atoms with Crippen molar-refractivity contribution in [2.24, 2.45) is 0 Å². The van der Waals surface area contributed by atoms with Crippen LogP contribution in [0.4, 0.5) is 17.1 Å². The fourth-order valence-corrected chi connectivity index (χ4v) is 11.3. The van der Waals surface area contributed by atoms with Gasteiger partial charge in [0.25, 0.3) is 0 Å². The van der Waals surface area contributed by atoms with Gasteiger partial charge in [-0.25, -0.2) is 0 Å². The molecule has 9 nitrogen and oxygen atoms in total. The molecule has 70 heavy (non-hydrogen) atoms. The summed E-state index contributed by atoms with van der Waals surface area (Å²) in [5, 5.41) is 12.8. The number of rotatable bonds is 26. The van der Waals surface area contributed by atoms with E-state index < -0.39 is 0 Å². The zero-order valence-electron chi connectivity index (χ0n) is 41.0. The minimum Gasteiger partial charge on any atom is -0.369 e. The van der Waals surface area contributed by atoms with Gasteiger partial charge in [0.05, 0.1) is 28.0 Å². The maximum atomic E-state index is 12.6. The number of benzene rings is 4. The van der Waals surface area contributed by atoms with Gasteiger partial charge in [0.15, 0.2) is 6.20 Å². The summed E-state index contributed by atoms with van der Waals surface area (Å²) in [6, 6.07) is 36.4. The van der Waals surface area contributed by atoms with Crippen LogP contribution in [0.15, 0.2) is 167 Å². The minimum atomic E-state index is 0.145. The van der Waals surface area contributed by atoms with Crippen molar-refractivity contribution in [2.45, 2.75) is 85.9 Å². The number of hydrogen-bond acceptors (Lipinski definition) is 9. The first kappa shape index (κ1) is 50.5. The highest BCUT2D eigenvalue weighted by molar-refractivity contribution is 8.03. The number of nitrogens with one attached hydrogen (secondary N) is 3. The molecule has 1 unspecified atom stereocenters. The molecule has 0 radical (unpaired) electrons. The summed E-state index contributed by atoms with van der Waals surface area (Å²) in [5.74, 6) is 0.436. The molecule has 0 fully saturated rings. The predicted octanol–water partition coefficient (Wildman–Crippen LogP) is 11.8. The third-order valence-corrected chi connectivity index (χ3v) is 15.4. The Morgan fingerprint density at radius 1 is 0.771 bits per heavy atom. The Balaban J connectivity index is 0.622. The standard InChI is InChI=1S/C59H69N7O2S2/c1-63(40-20-38-61-57(68)32-6-4-16-42-66-43-35-46(49-24-7-10-27-52(49)66)21-17-33-58-62-51-26-9-13-30-55(51)69-58)39-19-37-60-45-48(67)23-5-3-15-41-65-44-36-47(50-25-8-11-28-53(50)65)22-18-34-59-64(2)54-29-12-14-31-56(54)70-59/h7-14,17-18,21-22,24-31,33-36,43-44,58,60,62H,3-6,15-16,19-20,23,32,37-42,45H2,1-2H3/p+1. The molecule has 1 amide bonds. The van der Waals surface area contributed by atoms with Crippen LogP contribution in [0.2, 0.25) is 0 Å². The molecule has 0 spiro atoms. The van der Waals surface area contributed by atoms with Crippen LogP contribution >= 0.6 is 23.5 Å². The molecule has 364 valence electrons. The molecule has 0 saturated carbocycles. The average Bonchev–Trinajstić information content (AvgIpc) is 3.95. The lowest BCUT2D eigenvalue weighted by Gasteiger charge is -2.27. The summed E-state index contributed by atoms with van der Waals surface area (Å²) in [5.41, 5.74) is 8.59. The van der Waals surface area contributed by atoms with Gasteiger partial charge in [-0.3, -0.25) is 9.59 Å². The van der Waals surface area contributed by atoms with Crippen LogP contribution in [-0.2, 0) is 16.1 Å². The van der Waals surface area contributed by atoms with Crippen molar-refractivity contribution in [1.29, 1.82) is 0 Å². The lowest BCUT2D eigenvalue weighted by atomic mass is 9.99. The summed E-state index contributed by atoms with van der Waals surface area (Å²) in [7, 11) is 4.25. The number of ketones is 1. The molecule has 3 aliphatic rings. The predicted molar refractivity (Wildman–Crippen MR) is 296 cm³/mol. The number of amides is 1. The van der Waals surface area contributed by atoms with E-state index in [0.717, 1.165) is 84.1 Å². The minimum absolute atomic E-state index is 0.145. The Bertz CT molecular complexity index is 2680. The highest BCUT2D eigenvalue weighted by Gasteiger charge is 2.21. The smallest absolute Gasteiger partial charge is 0.219 e. The number of aryl methyl sites for hydroxylation is 1. The van der Waals surface area contributed by atoms with Gasteiger partial charge in [0.1, 0.15) is 12.3 Å². The highest BCUT2D eigenvalue weighted by Crippen LogP contribution is 2.44. The van der Waals surface area contributed by atoms with Crippen LogP contribution in [-0.4, -0.2) is 75.3 Å². The fraction of sp³-hybridized carbons (Fsp3) is 0.339. The van der Waals surface area contributed by atoms with Gasteiger partial charge in [-0.05, 0) is 125 Å². The van der Waals surface area contributed by atoms with Crippen LogP contribution < -0.4 is 30.3 Å². The summed E-state index contributed by atoms with van der Waals surface area (Å²) >= 11 is 3.65. The summed E-state index contributed by atoms with van der Waals surface area (Å²) in [4.78, 5) is 34.7. The monoisotopic (exact) mass is 973 g/mol. The maximum Gasteiger partial charge on any atom is 0.219 e. The molecular formula is C59H70N7O2S2+. The molecule has 4 heterocycles. The number of fused-ring (bicyclic) bond motifs is 4. The van der Waals surface area contributed by atoms with Crippen LogP contribution in [0.5, 0.6) is 0 Å². The number of Topliss-reactive ketones (excluding diaryl/α,β-unsaturated/α-hetero) is 1. The second kappa shape index (κ2) is 26.4. The van der Waals surface area contributed by atoms with Crippen LogP contribution in [0.25, 0.3) is 22.6 Å². The van der Waals surface area contributed by atoms with E-state index in [1.54, 1.807) is 0 Å². The molecule has 0 bridgehead atoms.